The number of sulfonamides is 1. The quantitative estimate of drug-likeness (QED) is 0.239. The average Bonchev–Trinajstić information content (AvgIpc) is 3.52. The molecule has 0 fully saturated rings. The van der Waals surface area contributed by atoms with E-state index < -0.39 is 21.7 Å². The Hall–Kier alpha value is -3.75. The summed E-state index contributed by atoms with van der Waals surface area (Å²) in [4.78, 5) is 8.16. The molecule has 0 unspecified atom stereocenters. The van der Waals surface area contributed by atoms with Crippen molar-refractivity contribution in [2.24, 2.45) is 0 Å². The highest BCUT2D eigenvalue weighted by Gasteiger charge is 2.18. The number of benzene rings is 1. The van der Waals surface area contributed by atoms with Crippen LogP contribution in [0.4, 0.5) is 14.6 Å². The summed E-state index contributed by atoms with van der Waals surface area (Å²) in [6.45, 7) is -0.0611. The number of hydrogen-bond acceptors (Lipinski definition) is 9. The molecule has 0 atom stereocenters. The van der Waals surface area contributed by atoms with E-state index in [0.29, 0.717) is 17.0 Å². The molecule has 36 heavy (non-hydrogen) atoms. The second-order valence-electron chi connectivity index (χ2n) is 7.66. The van der Waals surface area contributed by atoms with Gasteiger partial charge in [-0.1, -0.05) is 23.4 Å². The van der Waals surface area contributed by atoms with Crippen molar-refractivity contribution < 1.29 is 26.8 Å². The van der Waals surface area contributed by atoms with Gasteiger partial charge in [-0.05, 0) is 18.6 Å². The molecule has 0 aliphatic carbocycles. The Morgan fingerprint density at radius 2 is 1.92 bits per heavy atom. The lowest BCUT2D eigenvalue weighted by atomic mass is 10.2. The summed E-state index contributed by atoms with van der Waals surface area (Å²) in [5.74, 6) is -1.62. The lowest BCUT2D eigenvalue weighted by Crippen LogP contribution is -2.30. The summed E-state index contributed by atoms with van der Waals surface area (Å²) in [7, 11) is -3.61. The zero-order chi connectivity index (χ0) is 25.5. The fraction of sp³-hybridized carbons (Fsp3) is 0.273. The lowest BCUT2D eigenvalue weighted by molar-refractivity contribution is 0.289. The van der Waals surface area contributed by atoms with Gasteiger partial charge in [0.1, 0.15) is 23.5 Å². The number of halogens is 2. The van der Waals surface area contributed by atoms with E-state index in [1.54, 1.807) is 30.3 Å². The first kappa shape index (κ1) is 25.3. The van der Waals surface area contributed by atoms with Crippen molar-refractivity contribution in [1.29, 1.82) is 0 Å². The van der Waals surface area contributed by atoms with Crippen LogP contribution in [-0.2, 0) is 16.6 Å². The topological polar surface area (TPSA) is 148 Å². The average molecular weight is 520 g/mol. The van der Waals surface area contributed by atoms with E-state index in [4.69, 9.17) is 9.63 Å². The third-order valence-corrected chi connectivity index (χ3v) is 6.44. The second kappa shape index (κ2) is 11.3. The van der Waals surface area contributed by atoms with E-state index in [1.165, 1.54) is 17.0 Å². The summed E-state index contributed by atoms with van der Waals surface area (Å²) in [5.41, 5.74) is 1.62. The predicted octanol–water partition coefficient (Wildman–Crippen LogP) is 2.04. The van der Waals surface area contributed by atoms with Crippen LogP contribution < -0.4 is 10.0 Å². The molecule has 4 rings (SSSR count). The number of aliphatic hydroxyl groups is 1. The van der Waals surface area contributed by atoms with E-state index in [0.717, 1.165) is 6.20 Å². The largest absolute Gasteiger partial charge is 0.396 e. The van der Waals surface area contributed by atoms with Gasteiger partial charge >= 0.3 is 0 Å². The minimum atomic E-state index is -3.61. The van der Waals surface area contributed by atoms with Crippen LogP contribution in [0.25, 0.3) is 22.9 Å². The second-order valence-corrected chi connectivity index (χ2v) is 9.58. The number of nitrogens with one attached hydrogen (secondary N) is 2. The van der Waals surface area contributed by atoms with Crippen molar-refractivity contribution in [1.82, 2.24) is 29.6 Å². The van der Waals surface area contributed by atoms with Gasteiger partial charge in [-0.25, -0.2) is 31.9 Å². The SMILES string of the molecule is O=S(=O)(CCNc1nc(-c2cc(-c3ccon3)n(Cc3ccccc3F)n2)ncc1F)NCCCO. The molecule has 0 amide bonds. The number of rotatable bonds is 12. The van der Waals surface area contributed by atoms with Crippen LogP contribution in [0.5, 0.6) is 0 Å². The lowest BCUT2D eigenvalue weighted by Gasteiger charge is -2.09. The maximum atomic E-state index is 14.3. The number of aromatic nitrogens is 5. The Bertz CT molecular complexity index is 1410. The van der Waals surface area contributed by atoms with Crippen LogP contribution >= 0.6 is 0 Å². The molecule has 190 valence electrons. The molecular formula is C22H23F2N7O4S. The highest BCUT2D eigenvalue weighted by molar-refractivity contribution is 7.89. The minimum absolute atomic E-state index is 0.0693. The first-order valence-corrected chi connectivity index (χ1v) is 12.6. The smallest absolute Gasteiger partial charge is 0.213 e. The van der Waals surface area contributed by atoms with Crippen molar-refractivity contribution >= 4 is 15.8 Å². The molecule has 0 bridgehead atoms. The van der Waals surface area contributed by atoms with E-state index in [1.807, 2.05) is 0 Å². The zero-order valence-electron chi connectivity index (χ0n) is 18.9. The first-order valence-electron chi connectivity index (χ1n) is 10.9. The van der Waals surface area contributed by atoms with Crippen molar-refractivity contribution in [2.45, 2.75) is 13.0 Å². The summed E-state index contributed by atoms with van der Waals surface area (Å²) in [5, 5.41) is 19.8. The normalized spacial score (nSPS) is 11.6. The Morgan fingerprint density at radius 3 is 2.67 bits per heavy atom. The van der Waals surface area contributed by atoms with E-state index >= 15 is 0 Å². The van der Waals surface area contributed by atoms with Crippen LogP contribution in [0.3, 0.4) is 0 Å². The summed E-state index contributed by atoms with van der Waals surface area (Å²) < 4.78 is 61.3. The van der Waals surface area contributed by atoms with Gasteiger partial charge in [-0.3, -0.25) is 4.68 Å². The van der Waals surface area contributed by atoms with Crippen molar-refractivity contribution in [3.63, 3.8) is 0 Å². The molecule has 0 aliphatic heterocycles. The molecule has 0 spiro atoms. The number of hydrogen-bond donors (Lipinski definition) is 3. The highest BCUT2D eigenvalue weighted by Crippen LogP contribution is 2.26. The first-order chi connectivity index (χ1) is 17.4. The van der Waals surface area contributed by atoms with Gasteiger partial charge < -0.3 is 14.9 Å². The third kappa shape index (κ3) is 6.27. The van der Waals surface area contributed by atoms with Gasteiger partial charge in [0.2, 0.25) is 10.0 Å². The standard InChI is InChI=1S/C22H23F2N7O4S/c23-16-5-2-1-4-15(16)14-31-20(18-6-10-35-30-18)12-19(29-31)22-26-13-17(24)21(28-22)25-8-11-36(33,34)27-7-3-9-32/h1-2,4-6,10,12-13,27,32H,3,7-9,11,14H2,(H,25,26,28). The number of aliphatic hydroxyl groups excluding tert-OH is 1. The molecule has 0 saturated carbocycles. The Kier molecular flexibility index (Phi) is 7.97. The summed E-state index contributed by atoms with van der Waals surface area (Å²) in [6, 6.07) is 9.51. The van der Waals surface area contributed by atoms with E-state index in [2.05, 4.69) is 30.3 Å². The monoisotopic (exact) mass is 519 g/mol. The molecule has 14 heteroatoms. The van der Waals surface area contributed by atoms with Gasteiger partial charge in [0.15, 0.2) is 17.5 Å². The van der Waals surface area contributed by atoms with Crippen LogP contribution in [-0.4, -0.2) is 63.9 Å². The molecule has 1 aromatic carbocycles. The summed E-state index contributed by atoms with van der Waals surface area (Å²) >= 11 is 0. The molecule has 0 saturated heterocycles. The molecule has 0 aliphatic rings. The molecule has 3 aromatic heterocycles. The van der Waals surface area contributed by atoms with Gasteiger partial charge in [0.25, 0.3) is 0 Å². The van der Waals surface area contributed by atoms with Gasteiger partial charge in [0, 0.05) is 31.3 Å². The third-order valence-electron chi connectivity index (χ3n) is 5.05. The van der Waals surface area contributed by atoms with Gasteiger partial charge in [-0.15, -0.1) is 0 Å². The van der Waals surface area contributed by atoms with Crippen molar-refractivity contribution in [3.05, 3.63) is 66.1 Å². The van der Waals surface area contributed by atoms with Crippen molar-refractivity contribution in [3.8, 4) is 22.9 Å². The molecular weight excluding hydrogens is 496 g/mol. The van der Waals surface area contributed by atoms with Crippen LogP contribution in [0.2, 0.25) is 0 Å². The fourth-order valence-electron chi connectivity index (χ4n) is 3.28. The van der Waals surface area contributed by atoms with Crippen molar-refractivity contribution in [2.75, 3.05) is 30.8 Å². The Balaban J connectivity index is 1.56. The van der Waals surface area contributed by atoms with Crippen LogP contribution in [0.1, 0.15) is 12.0 Å². The minimum Gasteiger partial charge on any atom is -0.396 e. The predicted molar refractivity (Wildman–Crippen MR) is 126 cm³/mol. The highest BCUT2D eigenvalue weighted by atomic mass is 32.2. The summed E-state index contributed by atoms with van der Waals surface area (Å²) in [6.07, 6.45) is 2.62. The molecule has 11 nitrogen and oxygen atoms in total. The Labute approximate surface area is 205 Å². The maximum absolute atomic E-state index is 14.3. The fourth-order valence-corrected chi connectivity index (χ4v) is 4.25. The molecule has 4 aromatic rings. The van der Waals surface area contributed by atoms with Crippen LogP contribution in [0, 0.1) is 11.6 Å². The van der Waals surface area contributed by atoms with E-state index in [-0.39, 0.29) is 55.8 Å². The van der Waals surface area contributed by atoms with E-state index in [9.17, 15) is 17.2 Å². The van der Waals surface area contributed by atoms with Gasteiger partial charge in [0.05, 0.1) is 24.2 Å². The number of nitrogens with zero attached hydrogens (tertiary/aromatic N) is 5. The number of anilines is 1. The van der Waals surface area contributed by atoms with Gasteiger partial charge in [-0.2, -0.15) is 5.10 Å². The molecule has 3 N–H and O–H groups in total. The molecule has 0 radical (unpaired) electrons. The zero-order valence-corrected chi connectivity index (χ0v) is 19.8. The Morgan fingerprint density at radius 1 is 1.08 bits per heavy atom. The van der Waals surface area contributed by atoms with Crippen LogP contribution in [0.15, 0.2) is 53.4 Å². The molecule has 3 heterocycles. The maximum Gasteiger partial charge on any atom is 0.213 e.